The molecule has 0 fully saturated rings. The maximum atomic E-state index is 13.1. The van der Waals surface area contributed by atoms with E-state index in [1.807, 2.05) is 0 Å². The number of methoxy groups -OCH3 is 2. The molecule has 0 atom stereocenters. The zero-order valence-corrected chi connectivity index (χ0v) is 20.3. The first-order valence-corrected chi connectivity index (χ1v) is 11.2. The van der Waals surface area contributed by atoms with Crippen LogP contribution in [-0.2, 0) is 4.79 Å². The van der Waals surface area contributed by atoms with Crippen LogP contribution in [0.15, 0.2) is 78.5 Å². The van der Waals surface area contributed by atoms with E-state index >= 15 is 0 Å². The van der Waals surface area contributed by atoms with Crippen LogP contribution >= 0.6 is 0 Å². The van der Waals surface area contributed by atoms with Crippen molar-refractivity contribution in [2.75, 3.05) is 26.1 Å². The average molecular weight is 475 g/mol. The van der Waals surface area contributed by atoms with Crippen molar-refractivity contribution in [1.82, 2.24) is 5.32 Å². The van der Waals surface area contributed by atoms with Gasteiger partial charge < -0.3 is 24.8 Å². The zero-order chi connectivity index (χ0) is 25.2. The molecule has 0 aliphatic heterocycles. The molecule has 0 unspecified atom stereocenters. The quantitative estimate of drug-likeness (QED) is 0.397. The number of hydrogen-bond acceptors (Lipinski definition) is 5. The van der Waals surface area contributed by atoms with E-state index in [2.05, 4.69) is 24.5 Å². The van der Waals surface area contributed by atoms with Gasteiger partial charge in [-0.2, -0.15) is 0 Å². The first kappa shape index (κ1) is 25.4. The highest BCUT2D eigenvalue weighted by atomic mass is 16.5. The molecule has 2 N–H and O–H groups in total. The highest BCUT2D eigenvalue weighted by Gasteiger charge is 2.15. The molecule has 3 aromatic rings. The van der Waals surface area contributed by atoms with E-state index in [1.54, 1.807) is 93.1 Å². The van der Waals surface area contributed by atoms with Crippen LogP contribution in [0.25, 0.3) is 6.08 Å². The molecule has 35 heavy (non-hydrogen) atoms. The second kappa shape index (κ2) is 12.3. The van der Waals surface area contributed by atoms with Crippen LogP contribution in [0.1, 0.15) is 29.8 Å². The molecular formula is C28H30N2O5. The molecule has 0 radical (unpaired) electrons. The van der Waals surface area contributed by atoms with Gasteiger partial charge in [0.15, 0.2) is 0 Å². The molecule has 0 aliphatic carbocycles. The lowest BCUT2D eigenvalue weighted by atomic mass is 10.1. The Morgan fingerprint density at radius 1 is 0.800 bits per heavy atom. The van der Waals surface area contributed by atoms with Crippen molar-refractivity contribution in [1.29, 1.82) is 0 Å². The van der Waals surface area contributed by atoms with Gasteiger partial charge in [0.05, 0.1) is 20.8 Å². The topological polar surface area (TPSA) is 85.9 Å². The van der Waals surface area contributed by atoms with E-state index in [0.717, 1.165) is 5.56 Å². The molecule has 0 spiro atoms. The van der Waals surface area contributed by atoms with Crippen molar-refractivity contribution in [2.24, 2.45) is 5.92 Å². The van der Waals surface area contributed by atoms with Crippen molar-refractivity contribution in [3.63, 3.8) is 0 Å². The third kappa shape index (κ3) is 7.64. The van der Waals surface area contributed by atoms with E-state index in [9.17, 15) is 9.59 Å². The van der Waals surface area contributed by atoms with Crippen LogP contribution < -0.4 is 24.8 Å². The van der Waals surface area contributed by atoms with Crippen molar-refractivity contribution < 1.29 is 23.8 Å². The monoisotopic (exact) mass is 474 g/mol. The Labute approximate surface area is 205 Å². The number of ether oxygens (including phenoxy) is 3. The van der Waals surface area contributed by atoms with Crippen molar-refractivity contribution in [3.8, 4) is 17.2 Å². The van der Waals surface area contributed by atoms with Gasteiger partial charge in [0, 0.05) is 11.3 Å². The Bertz CT molecular complexity index is 1150. The summed E-state index contributed by atoms with van der Waals surface area (Å²) >= 11 is 0. The molecule has 0 saturated heterocycles. The van der Waals surface area contributed by atoms with Crippen LogP contribution in [-0.4, -0.2) is 32.6 Å². The Hall–Kier alpha value is -4.26. The first-order valence-electron chi connectivity index (χ1n) is 11.2. The van der Waals surface area contributed by atoms with Crippen LogP contribution in [0.5, 0.6) is 17.2 Å². The van der Waals surface area contributed by atoms with Gasteiger partial charge >= 0.3 is 0 Å². The third-order valence-electron chi connectivity index (χ3n) is 4.97. The minimum Gasteiger partial charge on any atom is -0.497 e. The van der Waals surface area contributed by atoms with Crippen molar-refractivity contribution in [2.45, 2.75) is 13.8 Å². The molecule has 0 aliphatic rings. The van der Waals surface area contributed by atoms with Gasteiger partial charge in [-0.25, -0.2) is 0 Å². The lowest BCUT2D eigenvalue weighted by molar-refractivity contribution is -0.113. The minimum atomic E-state index is -0.462. The lowest BCUT2D eigenvalue weighted by Crippen LogP contribution is -2.30. The van der Waals surface area contributed by atoms with E-state index in [1.165, 1.54) is 0 Å². The fraction of sp³-hybridized carbons (Fsp3) is 0.214. The van der Waals surface area contributed by atoms with E-state index < -0.39 is 11.8 Å². The summed E-state index contributed by atoms with van der Waals surface area (Å²) < 4.78 is 16.0. The number of carbonyl (C=O) groups excluding carboxylic acids is 2. The summed E-state index contributed by atoms with van der Waals surface area (Å²) in [6, 6.07) is 20.9. The summed E-state index contributed by atoms with van der Waals surface area (Å²) in [7, 11) is 3.15. The van der Waals surface area contributed by atoms with Crippen LogP contribution in [0.4, 0.5) is 5.69 Å². The number of rotatable bonds is 10. The highest BCUT2D eigenvalue weighted by Crippen LogP contribution is 2.18. The van der Waals surface area contributed by atoms with Gasteiger partial charge in [-0.3, -0.25) is 9.59 Å². The Morgan fingerprint density at radius 3 is 1.89 bits per heavy atom. The summed E-state index contributed by atoms with van der Waals surface area (Å²) in [4.78, 5) is 26.0. The Morgan fingerprint density at radius 2 is 1.34 bits per heavy atom. The molecule has 0 saturated carbocycles. The standard InChI is InChI=1S/C28H30N2O5/c1-19(2)18-35-25-13-7-21(8-14-25)27(31)30-26(17-20-5-11-23(33-3)12-6-20)28(32)29-22-9-15-24(34-4)16-10-22/h5-17,19H,18H2,1-4H3,(H,29,32)(H,30,31)/b26-17+. The van der Waals surface area contributed by atoms with E-state index in [4.69, 9.17) is 14.2 Å². The predicted octanol–water partition coefficient (Wildman–Crippen LogP) is 5.15. The number of carbonyl (C=O) groups is 2. The van der Waals surface area contributed by atoms with E-state index in [0.29, 0.717) is 41.0 Å². The average Bonchev–Trinajstić information content (AvgIpc) is 2.88. The van der Waals surface area contributed by atoms with Crippen molar-refractivity contribution >= 4 is 23.6 Å². The fourth-order valence-electron chi connectivity index (χ4n) is 3.06. The maximum absolute atomic E-state index is 13.1. The number of anilines is 1. The normalized spacial score (nSPS) is 11.1. The van der Waals surface area contributed by atoms with Gasteiger partial charge in [0.2, 0.25) is 0 Å². The molecule has 7 heteroatoms. The molecule has 0 bridgehead atoms. The second-order valence-corrected chi connectivity index (χ2v) is 8.20. The smallest absolute Gasteiger partial charge is 0.272 e. The molecule has 2 amide bonds. The predicted molar refractivity (Wildman–Crippen MR) is 137 cm³/mol. The molecular weight excluding hydrogens is 444 g/mol. The molecule has 0 aromatic heterocycles. The number of amides is 2. The van der Waals surface area contributed by atoms with Gasteiger partial charge in [0.1, 0.15) is 22.9 Å². The van der Waals surface area contributed by atoms with E-state index in [-0.39, 0.29) is 5.70 Å². The van der Waals surface area contributed by atoms with Crippen LogP contribution in [0.2, 0.25) is 0 Å². The zero-order valence-electron chi connectivity index (χ0n) is 20.3. The van der Waals surface area contributed by atoms with Gasteiger partial charge in [-0.1, -0.05) is 26.0 Å². The Balaban J connectivity index is 1.80. The fourth-order valence-corrected chi connectivity index (χ4v) is 3.06. The summed E-state index contributed by atoms with van der Waals surface area (Å²) in [6.07, 6.45) is 1.61. The second-order valence-electron chi connectivity index (χ2n) is 8.20. The molecule has 3 rings (SSSR count). The van der Waals surface area contributed by atoms with Gasteiger partial charge in [-0.15, -0.1) is 0 Å². The summed E-state index contributed by atoms with van der Waals surface area (Å²) in [5.41, 5.74) is 1.79. The number of nitrogens with one attached hydrogen (secondary N) is 2. The Kier molecular flexibility index (Phi) is 8.89. The number of benzene rings is 3. The van der Waals surface area contributed by atoms with Gasteiger partial charge in [-0.05, 0) is 78.2 Å². The molecule has 0 heterocycles. The molecule has 3 aromatic carbocycles. The lowest BCUT2D eigenvalue weighted by Gasteiger charge is -2.13. The summed E-state index contributed by atoms with van der Waals surface area (Å²) in [5.74, 6) is 1.57. The first-order chi connectivity index (χ1) is 16.9. The van der Waals surface area contributed by atoms with Crippen molar-refractivity contribution in [3.05, 3.63) is 89.6 Å². The summed E-state index contributed by atoms with van der Waals surface area (Å²) in [6.45, 7) is 4.72. The maximum Gasteiger partial charge on any atom is 0.272 e. The minimum absolute atomic E-state index is 0.0936. The summed E-state index contributed by atoms with van der Waals surface area (Å²) in [5, 5.41) is 5.54. The third-order valence-corrected chi connectivity index (χ3v) is 4.97. The molecule has 7 nitrogen and oxygen atoms in total. The largest absolute Gasteiger partial charge is 0.497 e. The molecule has 182 valence electrons. The number of hydrogen-bond donors (Lipinski definition) is 2. The SMILES string of the molecule is COc1ccc(/C=C(/NC(=O)c2ccc(OCC(C)C)cc2)C(=O)Nc2ccc(OC)cc2)cc1. The van der Waals surface area contributed by atoms with Gasteiger partial charge in [0.25, 0.3) is 11.8 Å². The highest BCUT2D eigenvalue weighted by molar-refractivity contribution is 6.10. The van der Waals surface area contributed by atoms with Crippen LogP contribution in [0.3, 0.4) is 0 Å². The van der Waals surface area contributed by atoms with Crippen LogP contribution in [0, 0.1) is 5.92 Å².